The number of oxime groups is 1. The zero-order valence-corrected chi connectivity index (χ0v) is 13.4. The number of hydrogen-bond donors (Lipinski definition) is 2. The Kier molecular flexibility index (Phi) is 4.98. The van der Waals surface area contributed by atoms with Crippen LogP contribution in [0.4, 0.5) is 0 Å². The third-order valence-corrected chi connectivity index (χ3v) is 6.02. The largest absolute Gasteiger partial charge is 0.409 e. The summed E-state index contributed by atoms with van der Waals surface area (Å²) >= 11 is 11.8. The normalized spacial score (nSPS) is 21.4. The minimum Gasteiger partial charge on any atom is -0.409 e. The number of amidine groups is 1. The van der Waals surface area contributed by atoms with Crippen molar-refractivity contribution in [3.8, 4) is 0 Å². The maximum atomic E-state index is 12.8. The van der Waals surface area contributed by atoms with Gasteiger partial charge in [0.2, 0.25) is 10.0 Å². The van der Waals surface area contributed by atoms with Crippen LogP contribution in [-0.4, -0.2) is 36.4 Å². The first kappa shape index (κ1) is 16.4. The van der Waals surface area contributed by atoms with Crippen LogP contribution >= 0.6 is 23.2 Å². The van der Waals surface area contributed by atoms with Gasteiger partial charge in [0.1, 0.15) is 4.90 Å². The number of benzene rings is 1. The number of rotatable bonds is 3. The number of hydrogen-bond acceptors (Lipinski definition) is 4. The van der Waals surface area contributed by atoms with Crippen LogP contribution in [0.3, 0.4) is 0 Å². The highest BCUT2D eigenvalue weighted by atomic mass is 35.5. The molecule has 3 N–H and O–H groups in total. The molecule has 0 aliphatic carbocycles. The van der Waals surface area contributed by atoms with Crippen LogP contribution in [0.1, 0.15) is 19.3 Å². The highest BCUT2D eigenvalue weighted by Crippen LogP contribution is 2.31. The summed E-state index contributed by atoms with van der Waals surface area (Å²) in [5, 5.41) is 12.1. The minimum absolute atomic E-state index is 0.0747. The Morgan fingerprint density at radius 1 is 1.38 bits per heavy atom. The summed E-state index contributed by atoms with van der Waals surface area (Å²) in [6, 6.07) is 3.57. The molecule has 1 saturated heterocycles. The van der Waals surface area contributed by atoms with Gasteiger partial charge in [-0.3, -0.25) is 0 Å². The lowest BCUT2D eigenvalue weighted by molar-refractivity contribution is 0.281. The van der Waals surface area contributed by atoms with E-state index in [0.29, 0.717) is 12.8 Å². The molecule has 0 radical (unpaired) electrons. The molecule has 0 saturated carbocycles. The molecule has 0 aromatic heterocycles. The fourth-order valence-corrected chi connectivity index (χ4v) is 4.76. The van der Waals surface area contributed by atoms with E-state index in [1.54, 1.807) is 0 Å². The van der Waals surface area contributed by atoms with Gasteiger partial charge in [0, 0.05) is 11.6 Å². The lowest BCUT2D eigenvalue weighted by atomic mass is 10.0. The molecule has 21 heavy (non-hydrogen) atoms. The van der Waals surface area contributed by atoms with Gasteiger partial charge in [-0.15, -0.1) is 0 Å². The zero-order valence-electron chi connectivity index (χ0n) is 11.0. The van der Waals surface area contributed by atoms with E-state index in [2.05, 4.69) is 5.16 Å². The molecule has 6 nitrogen and oxygen atoms in total. The fraction of sp³-hybridized carbons (Fsp3) is 0.417. The van der Waals surface area contributed by atoms with Crippen LogP contribution in [0, 0.1) is 0 Å². The van der Waals surface area contributed by atoms with Gasteiger partial charge in [-0.1, -0.05) is 34.8 Å². The quantitative estimate of drug-likeness (QED) is 0.378. The SMILES string of the molecule is NC(=NO)C1CCCCN1S(=O)(=O)c1cc(Cl)ccc1Cl. The first-order valence-corrected chi connectivity index (χ1v) is 8.52. The lowest BCUT2D eigenvalue weighted by Gasteiger charge is -2.33. The number of nitrogens with zero attached hydrogens (tertiary/aromatic N) is 2. The van der Waals surface area contributed by atoms with Gasteiger partial charge in [-0.05, 0) is 31.0 Å². The molecular formula is C12H15Cl2N3O3S. The predicted octanol–water partition coefficient (Wildman–Crippen LogP) is 2.28. The Labute approximate surface area is 133 Å². The van der Waals surface area contributed by atoms with Crippen molar-refractivity contribution in [3.05, 3.63) is 28.2 Å². The van der Waals surface area contributed by atoms with E-state index < -0.39 is 16.1 Å². The first-order valence-electron chi connectivity index (χ1n) is 6.32. The number of nitrogens with two attached hydrogens (primary N) is 1. The summed E-state index contributed by atoms with van der Waals surface area (Å²) in [5.41, 5.74) is 5.62. The van der Waals surface area contributed by atoms with Crippen molar-refractivity contribution < 1.29 is 13.6 Å². The molecule has 1 aromatic carbocycles. The summed E-state index contributed by atoms with van der Waals surface area (Å²) < 4.78 is 26.8. The van der Waals surface area contributed by atoms with Gasteiger partial charge in [-0.2, -0.15) is 4.31 Å². The van der Waals surface area contributed by atoms with Crippen molar-refractivity contribution in [1.29, 1.82) is 0 Å². The van der Waals surface area contributed by atoms with Crippen LogP contribution in [-0.2, 0) is 10.0 Å². The number of halogens is 2. The zero-order chi connectivity index (χ0) is 15.6. The Hall–Kier alpha value is -1.02. The molecular weight excluding hydrogens is 337 g/mol. The van der Waals surface area contributed by atoms with Crippen LogP contribution < -0.4 is 5.73 Å². The Morgan fingerprint density at radius 3 is 2.76 bits per heavy atom. The molecule has 0 bridgehead atoms. The predicted molar refractivity (Wildman–Crippen MR) is 81.4 cm³/mol. The molecule has 0 amide bonds. The van der Waals surface area contributed by atoms with Gasteiger partial charge in [0.25, 0.3) is 0 Å². The number of sulfonamides is 1. The summed E-state index contributed by atoms with van der Waals surface area (Å²) in [5.74, 6) is -0.128. The molecule has 1 atom stereocenters. The van der Waals surface area contributed by atoms with Crippen molar-refractivity contribution in [3.63, 3.8) is 0 Å². The van der Waals surface area contributed by atoms with Gasteiger partial charge in [0.05, 0.1) is 11.1 Å². The average Bonchev–Trinajstić information content (AvgIpc) is 2.48. The third-order valence-electron chi connectivity index (χ3n) is 3.39. The van der Waals surface area contributed by atoms with Crippen LogP contribution in [0.15, 0.2) is 28.3 Å². The second-order valence-electron chi connectivity index (χ2n) is 4.73. The van der Waals surface area contributed by atoms with E-state index in [0.717, 1.165) is 6.42 Å². The molecule has 116 valence electrons. The molecule has 1 aromatic rings. The lowest BCUT2D eigenvalue weighted by Crippen LogP contribution is -2.50. The maximum Gasteiger partial charge on any atom is 0.245 e. The highest BCUT2D eigenvalue weighted by molar-refractivity contribution is 7.89. The molecule has 2 rings (SSSR count). The van der Waals surface area contributed by atoms with E-state index in [1.165, 1.54) is 22.5 Å². The molecule has 1 fully saturated rings. The van der Waals surface area contributed by atoms with E-state index in [1.807, 2.05) is 0 Å². The van der Waals surface area contributed by atoms with E-state index in [4.69, 9.17) is 34.1 Å². The minimum atomic E-state index is -3.87. The van der Waals surface area contributed by atoms with Crippen LogP contribution in [0.2, 0.25) is 10.0 Å². The number of piperidine rings is 1. The standard InChI is InChI=1S/C12H15Cl2N3O3S/c13-8-4-5-9(14)11(7-8)21(19,20)17-6-2-1-3-10(17)12(15)16-18/h4-5,7,10,18H,1-3,6H2,(H2,15,16). The van der Waals surface area contributed by atoms with Crippen molar-refractivity contribution in [2.24, 2.45) is 10.9 Å². The van der Waals surface area contributed by atoms with Crippen molar-refractivity contribution in [2.75, 3.05) is 6.54 Å². The van der Waals surface area contributed by atoms with E-state index in [9.17, 15) is 8.42 Å². The monoisotopic (exact) mass is 351 g/mol. The topological polar surface area (TPSA) is 96.0 Å². The van der Waals surface area contributed by atoms with Gasteiger partial charge < -0.3 is 10.9 Å². The Balaban J connectivity index is 2.48. The highest BCUT2D eigenvalue weighted by Gasteiger charge is 2.37. The van der Waals surface area contributed by atoms with Crippen molar-refractivity contribution in [2.45, 2.75) is 30.2 Å². The molecule has 9 heteroatoms. The summed E-state index contributed by atoms with van der Waals surface area (Å²) in [4.78, 5) is -0.0747. The molecule has 1 aliphatic rings. The third kappa shape index (κ3) is 3.26. The maximum absolute atomic E-state index is 12.8. The van der Waals surface area contributed by atoms with Gasteiger partial charge in [0.15, 0.2) is 5.84 Å². The first-order chi connectivity index (χ1) is 9.87. The van der Waals surface area contributed by atoms with Crippen molar-refractivity contribution >= 4 is 39.1 Å². The van der Waals surface area contributed by atoms with Crippen molar-refractivity contribution in [1.82, 2.24) is 4.31 Å². The van der Waals surface area contributed by atoms with E-state index in [-0.39, 0.29) is 27.3 Å². The summed E-state index contributed by atoms with van der Waals surface area (Å²) in [6.07, 6.45) is 2.00. The molecule has 1 unspecified atom stereocenters. The molecule has 1 aliphatic heterocycles. The van der Waals surface area contributed by atoms with Gasteiger partial charge >= 0.3 is 0 Å². The van der Waals surface area contributed by atoms with Crippen LogP contribution in [0.5, 0.6) is 0 Å². The van der Waals surface area contributed by atoms with E-state index >= 15 is 0 Å². The smallest absolute Gasteiger partial charge is 0.245 e. The Bertz CT molecular complexity index is 664. The van der Waals surface area contributed by atoms with Gasteiger partial charge in [-0.25, -0.2) is 8.42 Å². The Morgan fingerprint density at radius 2 is 2.10 bits per heavy atom. The second kappa shape index (κ2) is 6.39. The molecule has 0 spiro atoms. The summed E-state index contributed by atoms with van der Waals surface area (Å²) in [6.45, 7) is 0.284. The molecule has 1 heterocycles. The average molecular weight is 352 g/mol. The fourth-order valence-electron chi connectivity index (χ4n) is 2.36. The van der Waals surface area contributed by atoms with Crippen LogP contribution in [0.25, 0.3) is 0 Å². The summed E-state index contributed by atoms with van der Waals surface area (Å²) in [7, 11) is -3.87. The second-order valence-corrected chi connectivity index (χ2v) is 7.43.